The summed E-state index contributed by atoms with van der Waals surface area (Å²) in [5, 5.41) is 4.24. The maximum absolute atomic E-state index is 12.6. The van der Waals surface area contributed by atoms with Crippen LogP contribution in [0.1, 0.15) is 39.8 Å². The van der Waals surface area contributed by atoms with Crippen molar-refractivity contribution in [2.45, 2.75) is 32.9 Å². The second kappa shape index (κ2) is 7.07. The number of rotatable bonds is 5. The first-order chi connectivity index (χ1) is 11.2. The van der Waals surface area contributed by atoms with Gasteiger partial charge in [-0.15, -0.1) is 0 Å². The van der Waals surface area contributed by atoms with E-state index in [0.29, 0.717) is 29.8 Å². The van der Waals surface area contributed by atoms with Gasteiger partial charge in [0.15, 0.2) is 0 Å². The second-order valence-electron chi connectivity index (χ2n) is 5.45. The van der Waals surface area contributed by atoms with Crippen LogP contribution in [0.15, 0.2) is 24.3 Å². The fourth-order valence-electron chi connectivity index (χ4n) is 2.58. The molecule has 0 spiro atoms. The van der Waals surface area contributed by atoms with E-state index in [2.05, 4.69) is 5.10 Å². The minimum Gasteiger partial charge on any atom is -0.462 e. The lowest BCUT2D eigenvalue weighted by atomic mass is 10.0. The van der Waals surface area contributed by atoms with Crippen molar-refractivity contribution < 1.29 is 22.7 Å². The number of alkyl halides is 3. The molecule has 4 nitrogen and oxygen atoms in total. The summed E-state index contributed by atoms with van der Waals surface area (Å²) in [4.78, 5) is 12.1. The SMILES string of the molecule is CCOC(=O)c1c(C)nn(C)c1CCc1ccc(C(F)(F)F)cc1. The molecule has 0 saturated heterocycles. The molecule has 7 heteroatoms. The number of hydrogen-bond donors (Lipinski definition) is 0. The zero-order valence-electron chi connectivity index (χ0n) is 13.8. The Morgan fingerprint density at radius 3 is 2.38 bits per heavy atom. The molecule has 0 bridgehead atoms. The van der Waals surface area contributed by atoms with Gasteiger partial charge in [0.25, 0.3) is 0 Å². The van der Waals surface area contributed by atoms with Crippen molar-refractivity contribution in [1.82, 2.24) is 9.78 Å². The van der Waals surface area contributed by atoms with Crippen LogP contribution in [-0.4, -0.2) is 22.4 Å². The molecule has 2 rings (SSSR count). The Labute approximate surface area is 138 Å². The predicted octanol–water partition coefficient (Wildman–Crippen LogP) is 3.71. The Balaban J connectivity index is 2.16. The van der Waals surface area contributed by atoms with E-state index in [0.717, 1.165) is 17.7 Å². The molecule has 1 aromatic carbocycles. The van der Waals surface area contributed by atoms with Crippen LogP contribution < -0.4 is 0 Å². The van der Waals surface area contributed by atoms with Crippen LogP contribution in [0, 0.1) is 6.92 Å². The van der Waals surface area contributed by atoms with Crippen LogP contribution in [0.3, 0.4) is 0 Å². The van der Waals surface area contributed by atoms with Gasteiger partial charge in [0.05, 0.1) is 23.6 Å². The molecule has 0 aliphatic rings. The average Bonchev–Trinajstić information content (AvgIpc) is 2.78. The third-order valence-electron chi connectivity index (χ3n) is 3.75. The zero-order valence-corrected chi connectivity index (χ0v) is 13.8. The molecule has 0 amide bonds. The number of carbonyl (C=O) groups is 1. The van der Waals surface area contributed by atoms with E-state index in [4.69, 9.17) is 4.74 Å². The van der Waals surface area contributed by atoms with E-state index >= 15 is 0 Å². The molecule has 0 saturated carbocycles. The van der Waals surface area contributed by atoms with Gasteiger partial charge >= 0.3 is 12.1 Å². The lowest BCUT2D eigenvalue weighted by molar-refractivity contribution is -0.137. The van der Waals surface area contributed by atoms with Gasteiger partial charge in [-0.1, -0.05) is 12.1 Å². The van der Waals surface area contributed by atoms with Crippen LogP contribution in [0.4, 0.5) is 13.2 Å². The third kappa shape index (κ3) is 3.96. The molecule has 2 aromatic rings. The molecule has 1 aromatic heterocycles. The standard InChI is InChI=1S/C17H19F3N2O2/c1-4-24-16(23)15-11(2)21-22(3)14(15)10-7-12-5-8-13(9-6-12)17(18,19)20/h5-6,8-9H,4,7,10H2,1-3H3. The predicted molar refractivity (Wildman–Crippen MR) is 82.8 cm³/mol. The van der Waals surface area contributed by atoms with E-state index in [1.807, 2.05) is 0 Å². The van der Waals surface area contributed by atoms with Gasteiger partial charge in [-0.25, -0.2) is 4.79 Å². The van der Waals surface area contributed by atoms with Crippen LogP contribution in [0.25, 0.3) is 0 Å². The fourth-order valence-corrected chi connectivity index (χ4v) is 2.58. The van der Waals surface area contributed by atoms with E-state index in [9.17, 15) is 18.0 Å². The van der Waals surface area contributed by atoms with Crippen molar-refractivity contribution in [3.63, 3.8) is 0 Å². The van der Waals surface area contributed by atoms with E-state index in [-0.39, 0.29) is 6.61 Å². The van der Waals surface area contributed by atoms with Gasteiger partial charge < -0.3 is 4.74 Å². The number of benzene rings is 1. The van der Waals surface area contributed by atoms with Crippen LogP contribution >= 0.6 is 0 Å². The molecule has 0 N–H and O–H groups in total. The highest BCUT2D eigenvalue weighted by Gasteiger charge is 2.30. The van der Waals surface area contributed by atoms with Crippen molar-refractivity contribution in [3.8, 4) is 0 Å². The Bertz CT molecular complexity index is 719. The normalized spacial score (nSPS) is 11.6. The minimum atomic E-state index is -4.34. The highest BCUT2D eigenvalue weighted by Crippen LogP contribution is 2.29. The van der Waals surface area contributed by atoms with Gasteiger partial charge in [-0.3, -0.25) is 4.68 Å². The topological polar surface area (TPSA) is 44.1 Å². The van der Waals surface area contributed by atoms with Crippen LogP contribution in [-0.2, 0) is 30.8 Å². The number of aryl methyl sites for hydroxylation is 3. The zero-order chi connectivity index (χ0) is 17.9. The van der Waals surface area contributed by atoms with E-state index in [1.165, 1.54) is 12.1 Å². The average molecular weight is 340 g/mol. The largest absolute Gasteiger partial charge is 0.462 e. The summed E-state index contributed by atoms with van der Waals surface area (Å²) in [6.07, 6.45) is -3.35. The summed E-state index contributed by atoms with van der Waals surface area (Å²) in [7, 11) is 1.73. The fraction of sp³-hybridized carbons (Fsp3) is 0.412. The van der Waals surface area contributed by atoms with Crippen molar-refractivity contribution >= 4 is 5.97 Å². The Morgan fingerprint density at radius 2 is 1.83 bits per heavy atom. The minimum absolute atomic E-state index is 0.269. The van der Waals surface area contributed by atoms with Gasteiger partial charge in [0.1, 0.15) is 5.56 Å². The molecule has 130 valence electrons. The highest BCUT2D eigenvalue weighted by molar-refractivity contribution is 5.92. The van der Waals surface area contributed by atoms with Crippen molar-refractivity contribution in [3.05, 3.63) is 52.3 Å². The summed E-state index contributed by atoms with van der Waals surface area (Å²) >= 11 is 0. The quantitative estimate of drug-likeness (QED) is 0.780. The summed E-state index contributed by atoms with van der Waals surface area (Å²) < 4.78 is 44.4. The van der Waals surface area contributed by atoms with Gasteiger partial charge in [-0.2, -0.15) is 18.3 Å². The molecular weight excluding hydrogens is 321 g/mol. The third-order valence-corrected chi connectivity index (χ3v) is 3.75. The lowest BCUT2D eigenvalue weighted by Crippen LogP contribution is -2.10. The summed E-state index contributed by atoms with van der Waals surface area (Å²) in [6.45, 7) is 3.73. The van der Waals surface area contributed by atoms with Crippen LogP contribution in [0.5, 0.6) is 0 Å². The molecule has 0 unspecified atom stereocenters. The first kappa shape index (κ1) is 18.0. The number of esters is 1. The molecule has 0 radical (unpaired) electrons. The number of nitrogens with zero attached hydrogens (tertiary/aromatic N) is 2. The number of ether oxygens (including phenoxy) is 1. The van der Waals surface area contributed by atoms with Crippen molar-refractivity contribution in [1.29, 1.82) is 0 Å². The monoisotopic (exact) mass is 340 g/mol. The van der Waals surface area contributed by atoms with E-state index < -0.39 is 17.7 Å². The second-order valence-corrected chi connectivity index (χ2v) is 5.45. The summed E-state index contributed by atoms with van der Waals surface area (Å²) in [6, 6.07) is 5.04. The van der Waals surface area contributed by atoms with Crippen LogP contribution in [0.2, 0.25) is 0 Å². The van der Waals surface area contributed by atoms with Gasteiger partial charge in [0.2, 0.25) is 0 Å². The number of hydrogen-bond acceptors (Lipinski definition) is 3. The number of aromatic nitrogens is 2. The maximum Gasteiger partial charge on any atom is 0.416 e. The number of carbonyl (C=O) groups excluding carboxylic acids is 1. The maximum atomic E-state index is 12.6. The molecule has 0 aliphatic heterocycles. The Kier molecular flexibility index (Phi) is 5.31. The molecule has 0 aliphatic carbocycles. The molecule has 0 fully saturated rings. The van der Waals surface area contributed by atoms with Crippen molar-refractivity contribution in [2.24, 2.45) is 7.05 Å². The Hall–Kier alpha value is -2.31. The van der Waals surface area contributed by atoms with Gasteiger partial charge in [-0.05, 0) is 44.4 Å². The first-order valence-corrected chi connectivity index (χ1v) is 7.59. The first-order valence-electron chi connectivity index (χ1n) is 7.59. The molecule has 24 heavy (non-hydrogen) atoms. The summed E-state index contributed by atoms with van der Waals surface area (Å²) in [5.74, 6) is -0.425. The number of halogens is 3. The van der Waals surface area contributed by atoms with E-state index in [1.54, 1.807) is 25.6 Å². The highest BCUT2D eigenvalue weighted by atomic mass is 19.4. The molecule has 0 atom stereocenters. The molecular formula is C17H19F3N2O2. The Morgan fingerprint density at radius 1 is 1.21 bits per heavy atom. The summed E-state index contributed by atoms with van der Waals surface area (Å²) in [5.41, 5.74) is 1.82. The smallest absolute Gasteiger partial charge is 0.416 e. The molecule has 1 heterocycles. The lowest BCUT2D eigenvalue weighted by Gasteiger charge is -2.09. The van der Waals surface area contributed by atoms with Gasteiger partial charge in [0, 0.05) is 7.05 Å². The van der Waals surface area contributed by atoms with Crippen molar-refractivity contribution in [2.75, 3.05) is 6.61 Å².